The molecule has 0 N–H and O–H groups in total. The maximum Gasteiger partial charge on any atom is 0.229 e. The highest BCUT2D eigenvalue weighted by Crippen LogP contribution is 2.70. The lowest BCUT2D eigenvalue weighted by atomic mass is 9.64. The van der Waals surface area contributed by atoms with Gasteiger partial charge in [0.25, 0.3) is 0 Å². The van der Waals surface area contributed by atoms with Crippen LogP contribution in [0.15, 0.2) is 0 Å². The summed E-state index contributed by atoms with van der Waals surface area (Å²) in [5, 5.41) is 0. The Morgan fingerprint density at radius 2 is 1.65 bits per heavy atom. The zero-order valence-corrected chi connectivity index (χ0v) is 13.2. The van der Waals surface area contributed by atoms with Gasteiger partial charge in [0, 0.05) is 38.0 Å². The summed E-state index contributed by atoms with van der Waals surface area (Å²) in [6.07, 6.45) is 2.22. The van der Waals surface area contributed by atoms with Gasteiger partial charge in [-0.05, 0) is 25.3 Å². The maximum atomic E-state index is 13.1. The molecule has 0 aromatic rings. The van der Waals surface area contributed by atoms with Gasteiger partial charge in [0.05, 0.1) is 5.41 Å². The van der Waals surface area contributed by atoms with E-state index in [0.29, 0.717) is 12.2 Å². The lowest BCUT2D eigenvalue weighted by Crippen LogP contribution is -2.54. The Bertz CT molecular complexity index is 465. The van der Waals surface area contributed by atoms with Gasteiger partial charge in [-0.1, -0.05) is 20.8 Å². The number of rotatable bonds is 1. The van der Waals surface area contributed by atoms with Crippen LogP contribution < -0.4 is 0 Å². The molecule has 1 heterocycles. The number of carbonyl (C=O) groups is 2. The van der Waals surface area contributed by atoms with E-state index in [1.165, 1.54) is 0 Å². The summed E-state index contributed by atoms with van der Waals surface area (Å²) in [4.78, 5) is 29.8. The van der Waals surface area contributed by atoms with Gasteiger partial charge < -0.3 is 9.80 Å². The maximum absolute atomic E-state index is 13.1. The van der Waals surface area contributed by atoms with Crippen LogP contribution in [0, 0.1) is 16.2 Å². The number of Topliss-reactive ketones (excluding diaryl/α,β-unsaturated/α-hetero) is 1. The molecular formula is C16H26N2O2. The first-order valence-corrected chi connectivity index (χ1v) is 7.76. The fourth-order valence-electron chi connectivity index (χ4n) is 4.65. The second-order valence-corrected chi connectivity index (χ2v) is 7.73. The number of hydrogen-bond donors (Lipinski definition) is 0. The molecule has 0 spiro atoms. The van der Waals surface area contributed by atoms with Gasteiger partial charge >= 0.3 is 0 Å². The molecule has 0 aromatic heterocycles. The second-order valence-electron chi connectivity index (χ2n) is 7.73. The minimum atomic E-state index is -0.436. The summed E-state index contributed by atoms with van der Waals surface area (Å²) < 4.78 is 0. The van der Waals surface area contributed by atoms with Crippen molar-refractivity contribution in [2.45, 2.75) is 40.0 Å². The number of ketones is 1. The smallest absolute Gasteiger partial charge is 0.229 e. The van der Waals surface area contributed by atoms with E-state index in [1.54, 1.807) is 0 Å². The van der Waals surface area contributed by atoms with Crippen molar-refractivity contribution in [3.05, 3.63) is 0 Å². The summed E-state index contributed by atoms with van der Waals surface area (Å²) in [5.41, 5.74) is -0.943. The highest BCUT2D eigenvalue weighted by atomic mass is 16.2. The van der Waals surface area contributed by atoms with Crippen LogP contribution in [0.3, 0.4) is 0 Å². The third kappa shape index (κ3) is 1.46. The van der Waals surface area contributed by atoms with E-state index in [4.69, 9.17) is 0 Å². The largest absolute Gasteiger partial charge is 0.340 e. The molecule has 1 amide bonds. The molecule has 0 unspecified atom stereocenters. The summed E-state index contributed by atoms with van der Waals surface area (Å²) in [6.45, 7) is 9.83. The van der Waals surface area contributed by atoms with Crippen LogP contribution in [0.5, 0.6) is 0 Å². The van der Waals surface area contributed by atoms with Crippen molar-refractivity contribution >= 4 is 11.7 Å². The van der Waals surface area contributed by atoms with E-state index in [1.807, 2.05) is 4.90 Å². The van der Waals surface area contributed by atoms with E-state index in [0.717, 1.165) is 39.0 Å². The van der Waals surface area contributed by atoms with Crippen molar-refractivity contribution < 1.29 is 9.59 Å². The Morgan fingerprint density at radius 3 is 2.10 bits per heavy atom. The number of piperazine rings is 1. The molecule has 4 heteroatoms. The first-order chi connectivity index (χ1) is 9.24. The molecule has 3 aliphatic rings. The van der Waals surface area contributed by atoms with Gasteiger partial charge in [-0.3, -0.25) is 9.59 Å². The third-order valence-corrected chi connectivity index (χ3v) is 6.91. The SMILES string of the molecule is CN1CCN(C(=O)[C@]23CC[C@@](C)(C(=O)C2)C3(C)C)CC1. The Balaban J connectivity index is 1.90. The molecule has 3 fully saturated rings. The molecular weight excluding hydrogens is 252 g/mol. The lowest BCUT2D eigenvalue weighted by molar-refractivity contribution is -0.149. The van der Waals surface area contributed by atoms with E-state index >= 15 is 0 Å². The molecule has 2 atom stereocenters. The first-order valence-electron chi connectivity index (χ1n) is 7.76. The molecule has 20 heavy (non-hydrogen) atoms. The van der Waals surface area contributed by atoms with Crippen LogP contribution in [-0.4, -0.2) is 54.7 Å². The average Bonchev–Trinajstić information content (AvgIpc) is 2.69. The van der Waals surface area contributed by atoms with Crippen LogP contribution in [0.2, 0.25) is 0 Å². The zero-order chi connectivity index (χ0) is 14.8. The van der Waals surface area contributed by atoms with Crippen LogP contribution in [-0.2, 0) is 9.59 Å². The highest BCUT2D eigenvalue weighted by molar-refractivity contribution is 5.99. The Kier molecular flexibility index (Phi) is 2.85. The Morgan fingerprint density at radius 1 is 1.05 bits per heavy atom. The number of carbonyl (C=O) groups excluding carboxylic acids is 2. The van der Waals surface area contributed by atoms with Gasteiger partial charge in [-0.15, -0.1) is 0 Å². The normalized spacial score (nSPS) is 40.4. The fraction of sp³-hybridized carbons (Fsp3) is 0.875. The van der Waals surface area contributed by atoms with Crippen LogP contribution in [0.25, 0.3) is 0 Å². The number of amides is 1. The zero-order valence-electron chi connectivity index (χ0n) is 13.2. The molecule has 1 saturated heterocycles. The molecule has 2 aliphatic carbocycles. The van der Waals surface area contributed by atoms with E-state index in [-0.39, 0.29) is 16.7 Å². The van der Waals surface area contributed by atoms with Crippen LogP contribution in [0.1, 0.15) is 40.0 Å². The molecule has 0 radical (unpaired) electrons. The summed E-state index contributed by atoms with van der Waals surface area (Å²) >= 11 is 0. The third-order valence-electron chi connectivity index (χ3n) is 6.91. The first kappa shape index (κ1) is 14.1. The predicted molar refractivity (Wildman–Crippen MR) is 77.3 cm³/mol. The Labute approximate surface area is 121 Å². The van der Waals surface area contributed by atoms with Crippen LogP contribution in [0.4, 0.5) is 0 Å². The fourth-order valence-corrected chi connectivity index (χ4v) is 4.65. The highest BCUT2D eigenvalue weighted by Gasteiger charge is 2.72. The summed E-state index contributed by atoms with van der Waals surface area (Å²) in [6, 6.07) is 0. The van der Waals surface area contributed by atoms with E-state index in [9.17, 15) is 9.59 Å². The van der Waals surface area contributed by atoms with Crippen molar-refractivity contribution in [1.29, 1.82) is 0 Å². The van der Waals surface area contributed by atoms with Gasteiger partial charge in [0.2, 0.25) is 5.91 Å². The molecule has 4 nitrogen and oxygen atoms in total. The van der Waals surface area contributed by atoms with E-state index in [2.05, 4.69) is 32.7 Å². The average molecular weight is 278 g/mol. The number of nitrogens with zero attached hydrogens (tertiary/aromatic N) is 2. The number of fused-ring (bicyclic) bond motifs is 2. The molecule has 112 valence electrons. The van der Waals surface area contributed by atoms with Gasteiger partial charge in [-0.25, -0.2) is 0 Å². The predicted octanol–water partition coefficient (Wildman–Crippen LogP) is 1.55. The quantitative estimate of drug-likeness (QED) is 0.730. The Hall–Kier alpha value is -0.900. The minimum Gasteiger partial charge on any atom is -0.340 e. The van der Waals surface area contributed by atoms with Gasteiger partial charge in [-0.2, -0.15) is 0 Å². The van der Waals surface area contributed by atoms with Crippen molar-refractivity contribution in [3.8, 4) is 0 Å². The number of likely N-dealkylation sites (N-methyl/N-ethyl adjacent to an activating group) is 1. The molecule has 1 aliphatic heterocycles. The van der Waals surface area contributed by atoms with Crippen molar-refractivity contribution in [1.82, 2.24) is 9.80 Å². The second kappa shape index (κ2) is 4.06. The van der Waals surface area contributed by atoms with E-state index < -0.39 is 5.41 Å². The van der Waals surface area contributed by atoms with Gasteiger partial charge in [0.1, 0.15) is 5.78 Å². The van der Waals surface area contributed by atoms with Crippen molar-refractivity contribution in [2.24, 2.45) is 16.2 Å². The van der Waals surface area contributed by atoms with Crippen molar-refractivity contribution in [2.75, 3.05) is 33.2 Å². The topological polar surface area (TPSA) is 40.6 Å². The molecule has 2 bridgehead atoms. The minimum absolute atomic E-state index is 0.211. The van der Waals surface area contributed by atoms with Crippen molar-refractivity contribution in [3.63, 3.8) is 0 Å². The van der Waals surface area contributed by atoms with Gasteiger partial charge in [0.15, 0.2) is 0 Å². The monoisotopic (exact) mass is 278 g/mol. The molecule has 2 saturated carbocycles. The summed E-state index contributed by atoms with van der Waals surface area (Å²) in [5.74, 6) is 0.543. The lowest BCUT2D eigenvalue weighted by Gasteiger charge is -2.43. The standard InChI is InChI=1S/C16H26N2O2/c1-14(2)15(3)5-6-16(14,11-12(15)19)13(20)18-9-7-17(4)8-10-18/h5-11H2,1-4H3/t15-,16-/m0/s1. The van der Waals surface area contributed by atoms with Crippen LogP contribution >= 0.6 is 0 Å². The number of hydrogen-bond acceptors (Lipinski definition) is 3. The molecule has 3 rings (SSSR count). The summed E-state index contributed by atoms with van der Waals surface area (Å²) in [7, 11) is 2.09. The molecule has 0 aromatic carbocycles.